The van der Waals surface area contributed by atoms with Crippen LogP contribution in [0.2, 0.25) is 0 Å². The van der Waals surface area contributed by atoms with Crippen molar-refractivity contribution in [3.8, 4) is 6.07 Å². The molecule has 2 aliphatic rings. The van der Waals surface area contributed by atoms with Crippen LogP contribution in [0.15, 0.2) is 30.7 Å². The molecule has 2 aromatic heterocycles. The Morgan fingerprint density at radius 3 is 2.88 bits per heavy atom. The topological polar surface area (TPSA) is 74.8 Å². The summed E-state index contributed by atoms with van der Waals surface area (Å²) < 4.78 is 2.28. The van der Waals surface area contributed by atoms with E-state index < -0.39 is 0 Å². The van der Waals surface area contributed by atoms with Crippen molar-refractivity contribution in [3.63, 3.8) is 0 Å². The number of carbonyl (C=O) groups excluding carboxylic acids is 1. The van der Waals surface area contributed by atoms with Gasteiger partial charge in [0.25, 0.3) is 5.91 Å². The van der Waals surface area contributed by atoms with Crippen molar-refractivity contribution in [2.75, 3.05) is 13.1 Å². The van der Waals surface area contributed by atoms with Crippen molar-refractivity contribution in [1.29, 1.82) is 5.26 Å². The number of aromatic nitrogens is 3. The normalized spacial score (nSPS) is 20.3. The number of amides is 1. The second-order valence-corrected chi connectivity index (χ2v) is 7.02. The molecular formula is C19H21N5O. The SMILES string of the molecule is N#Cc1ccc(C(=O)N2CCC[C@@H](c3nccn3CC3CC3)C2)cn1. The van der Waals surface area contributed by atoms with Crippen LogP contribution >= 0.6 is 0 Å². The maximum absolute atomic E-state index is 12.8. The lowest BCUT2D eigenvalue weighted by molar-refractivity contribution is 0.0702. The predicted molar refractivity (Wildman–Crippen MR) is 91.8 cm³/mol. The molecular weight excluding hydrogens is 314 g/mol. The van der Waals surface area contributed by atoms with Gasteiger partial charge in [-0.05, 0) is 43.7 Å². The molecule has 0 spiro atoms. The number of hydrogen-bond donors (Lipinski definition) is 0. The molecule has 128 valence electrons. The van der Waals surface area contributed by atoms with Crippen LogP contribution in [0.4, 0.5) is 0 Å². The van der Waals surface area contributed by atoms with Gasteiger partial charge in [-0.1, -0.05) is 0 Å². The third-order valence-corrected chi connectivity index (χ3v) is 5.10. The van der Waals surface area contributed by atoms with E-state index >= 15 is 0 Å². The number of nitriles is 1. The number of imidazole rings is 1. The van der Waals surface area contributed by atoms with E-state index in [2.05, 4.69) is 20.7 Å². The van der Waals surface area contributed by atoms with Crippen molar-refractivity contribution >= 4 is 5.91 Å². The van der Waals surface area contributed by atoms with Crippen LogP contribution in [0.5, 0.6) is 0 Å². The van der Waals surface area contributed by atoms with Gasteiger partial charge in [0.1, 0.15) is 17.6 Å². The number of piperidine rings is 1. The van der Waals surface area contributed by atoms with Gasteiger partial charge in [0.15, 0.2) is 0 Å². The van der Waals surface area contributed by atoms with Gasteiger partial charge < -0.3 is 9.47 Å². The Morgan fingerprint density at radius 1 is 1.28 bits per heavy atom. The first kappa shape index (κ1) is 15.8. The second kappa shape index (κ2) is 6.67. The number of carbonyl (C=O) groups is 1. The number of rotatable bonds is 4. The smallest absolute Gasteiger partial charge is 0.255 e. The van der Waals surface area contributed by atoms with E-state index in [4.69, 9.17) is 5.26 Å². The predicted octanol–water partition coefficient (Wildman–Crippen LogP) is 2.58. The van der Waals surface area contributed by atoms with Crippen molar-refractivity contribution in [1.82, 2.24) is 19.4 Å². The lowest BCUT2D eigenvalue weighted by Crippen LogP contribution is -2.39. The largest absolute Gasteiger partial charge is 0.338 e. The Balaban J connectivity index is 1.47. The minimum absolute atomic E-state index is 0.0120. The fourth-order valence-electron chi connectivity index (χ4n) is 3.56. The fraction of sp³-hybridized carbons (Fsp3) is 0.474. The third-order valence-electron chi connectivity index (χ3n) is 5.10. The van der Waals surface area contributed by atoms with E-state index in [1.807, 2.05) is 17.2 Å². The molecule has 0 N–H and O–H groups in total. The summed E-state index contributed by atoms with van der Waals surface area (Å²) in [5.74, 6) is 2.20. The van der Waals surface area contributed by atoms with E-state index in [9.17, 15) is 4.79 Å². The lowest BCUT2D eigenvalue weighted by atomic mass is 9.96. The van der Waals surface area contributed by atoms with Gasteiger partial charge in [-0.15, -0.1) is 0 Å². The Bertz CT molecular complexity index is 800. The molecule has 1 saturated carbocycles. The number of nitrogens with zero attached hydrogens (tertiary/aromatic N) is 5. The first-order valence-electron chi connectivity index (χ1n) is 8.91. The van der Waals surface area contributed by atoms with Gasteiger partial charge in [-0.25, -0.2) is 9.97 Å². The highest BCUT2D eigenvalue weighted by Gasteiger charge is 2.29. The van der Waals surface area contributed by atoms with Crippen LogP contribution in [0, 0.1) is 17.2 Å². The summed E-state index contributed by atoms with van der Waals surface area (Å²) in [6, 6.07) is 5.26. The highest BCUT2D eigenvalue weighted by Crippen LogP contribution is 2.33. The molecule has 0 aromatic carbocycles. The molecule has 3 heterocycles. The van der Waals surface area contributed by atoms with Crippen molar-refractivity contribution < 1.29 is 4.79 Å². The zero-order valence-electron chi connectivity index (χ0n) is 14.1. The molecule has 6 nitrogen and oxygen atoms in total. The molecule has 2 fully saturated rings. The highest BCUT2D eigenvalue weighted by atomic mass is 16.2. The van der Waals surface area contributed by atoms with Gasteiger partial charge in [0, 0.05) is 44.1 Å². The van der Waals surface area contributed by atoms with Crippen molar-refractivity contribution in [3.05, 3.63) is 47.8 Å². The highest BCUT2D eigenvalue weighted by molar-refractivity contribution is 5.94. The average molecular weight is 335 g/mol. The van der Waals surface area contributed by atoms with Gasteiger partial charge in [0.2, 0.25) is 0 Å². The minimum atomic E-state index is -0.0120. The standard InChI is InChI=1S/C19H21N5O/c20-10-17-6-5-15(11-22-17)19(25)24-8-1-2-16(13-24)18-21-7-9-23(18)12-14-3-4-14/h5-7,9,11,14,16H,1-4,8,12-13H2/t16-/m1/s1. The van der Waals surface area contributed by atoms with Gasteiger partial charge in [-0.3, -0.25) is 4.79 Å². The monoisotopic (exact) mass is 335 g/mol. The molecule has 25 heavy (non-hydrogen) atoms. The molecule has 1 amide bonds. The number of likely N-dealkylation sites (tertiary alicyclic amines) is 1. The lowest BCUT2D eigenvalue weighted by Gasteiger charge is -2.32. The summed E-state index contributed by atoms with van der Waals surface area (Å²) in [5, 5.41) is 8.83. The quantitative estimate of drug-likeness (QED) is 0.860. The molecule has 6 heteroatoms. The van der Waals surface area contributed by atoms with Crippen molar-refractivity contribution in [2.24, 2.45) is 5.92 Å². The molecule has 1 atom stereocenters. The average Bonchev–Trinajstić information content (AvgIpc) is 3.36. The molecule has 4 rings (SSSR count). The fourth-order valence-corrected chi connectivity index (χ4v) is 3.56. The molecule has 1 saturated heterocycles. The van der Waals surface area contributed by atoms with E-state index in [1.54, 1.807) is 12.1 Å². The second-order valence-electron chi connectivity index (χ2n) is 7.02. The van der Waals surface area contributed by atoms with E-state index in [1.165, 1.54) is 19.0 Å². The number of pyridine rings is 1. The molecule has 0 radical (unpaired) electrons. The summed E-state index contributed by atoms with van der Waals surface area (Å²) in [5.41, 5.74) is 0.871. The summed E-state index contributed by atoms with van der Waals surface area (Å²) in [7, 11) is 0. The maximum Gasteiger partial charge on any atom is 0.255 e. The Morgan fingerprint density at radius 2 is 2.16 bits per heavy atom. The third kappa shape index (κ3) is 3.41. The molecule has 1 aliphatic heterocycles. The Kier molecular flexibility index (Phi) is 4.22. The summed E-state index contributed by atoms with van der Waals surface area (Å²) in [6.07, 6.45) is 10.1. The van der Waals surface area contributed by atoms with Gasteiger partial charge in [-0.2, -0.15) is 5.26 Å². The van der Waals surface area contributed by atoms with Crippen LogP contribution in [0.3, 0.4) is 0 Å². The van der Waals surface area contributed by atoms with Crippen LogP contribution < -0.4 is 0 Å². The van der Waals surface area contributed by atoms with Crippen molar-refractivity contribution in [2.45, 2.75) is 38.1 Å². The van der Waals surface area contributed by atoms with Crippen LogP contribution in [-0.4, -0.2) is 38.4 Å². The van der Waals surface area contributed by atoms with Gasteiger partial charge in [0.05, 0.1) is 5.56 Å². The van der Waals surface area contributed by atoms with E-state index in [0.29, 0.717) is 17.8 Å². The number of hydrogen-bond acceptors (Lipinski definition) is 4. The van der Waals surface area contributed by atoms with Crippen LogP contribution in [-0.2, 0) is 6.54 Å². The maximum atomic E-state index is 12.8. The van der Waals surface area contributed by atoms with E-state index in [0.717, 1.165) is 37.7 Å². The summed E-state index contributed by atoms with van der Waals surface area (Å²) >= 11 is 0. The zero-order chi connectivity index (χ0) is 17.2. The Hall–Kier alpha value is -2.68. The molecule has 1 aliphatic carbocycles. The Labute approximate surface area is 147 Å². The molecule has 0 unspecified atom stereocenters. The molecule has 2 aromatic rings. The summed E-state index contributed by atoms with van der Waals surface area (Å²) in [4.78, 5) is 23.3. The molecule has 0 bridgehead atoms. The van der Waals surface area contributed by atoms with Crippen LogP contribution in [0.25, 0.3) is 0 Å². The first-order valence-corrected chi connectivity index (χ1v) is 8.91. The van der Waals surface area contributed by atoms with Gasteiger partial charge >= 0.3 is 0 Å². The van der Waals surface area contributed by atoms with E-state index in [-0.39, 0.29) is 11.8 Å². The van der Waals surface area contributed by atoms with Crippen LogP contribution in [0.1, 0.15) is 53.5 Å². The first-order chi connectivity index (χ1) is 12.2. The minimum Gasteiger partial charge on any atom is -0.338 e. The zero-order valence-corrected chi connectivity index (χ0v) is 14.1. The summed E-state index contributed by atoms with van der Waals surface area (Å²) in [6.45, 7) is 2.51.